The van der Waals surface area contributed by atoms with Crippen molar-refractivity contribution in [2.24, 2.45) is 7.05 Å². The third kappa shape index (κ3) is 2.44. The number of aromatic amines is 1. The Morgan fingerprint density at radius 1 is 1.17 bits per heavy atom. The van der Waals surface area contributed by atoms with Gasteiger partial charge in [-0.3, -0.25) is 13.9 Å². The quantitative estimate of drug-likeness (QED) is 0.735. The average Bonchev–Trinajstić information content (AvgIpc) is 3.11. The van der Waals surface area contributed by atoms with Gasteiger partial charge in [-0.15, -0.1) is 0 Å². The molecule has 0 fully saturated rings. The second-order valence-corrected chi connectivity index (χ2v) is 5.94. The third-order valence-electron chi connectivity index (χ3n) is 4.02. The van der Waals surface area contributed by atoms with Crippen LogP contribution in [0.3, 0.4) is 0 Å². The Bertz CT molecular complexity index is 1000. The molecule has 8 heteroatoms. The van der Waals surface area contributed by atoms with Crippen molar-refractivity contribution < 1.29 is 0 Å². The molecule has 0 aliphatic carbocycles. The summed E-state index contributed by atoms with van der Waals surface area (Å²) in [6.07, 6.45) is 3.26. The van der Waals surface area contributed by atoms with Gasteiger partial charge < -0.3 is 15.3 Å². The van der Waals surface area contributed by atoms with Gasteiger partial charge in [0.15, 0.2) is 11.5 Å². The first kappa shape index (κ1) is 16.1. The molecule has 128 valence electrons. The van der Waals surface area contributed by atoms with E-state index in [0.717, 1.165) is 12.1 Å². The number of hydrogen-bond acceptors (Lipinski definition) is 4. The van der Waals surface area contributed by atoms with Gasteiger partial charge in [-0.1, -0.05) is 13.8 Å². The molecule has 0 spiro atoms. The van der Waals surface area contributed by atoms with Crippen LogP contribution in [0.2, 0.25) is 0 Å². The largest absolute Gasteiger partial charge is 0.397 e. The normalized spacial score (nSPS) is 11.5. The fourth-order valence-corrected chi connectivity index (χ4v) is 2.96. The predicted molar refractivity (Wildman–Crippen MR) is 94.0 cm³/mol. The first-order valence-electron chi connectivity index (χ1n) is 8.13. The fraction of sp³-hybridized carbons (Fsp3) is 0.438. The van der Waals surface area contributed by atoms with Crippen LogP contribution < -0.4 is 17.0 Å². The minimum absolute atomic E-state index is 0.305. The number of nitrogens with one attached hydrogen (secondary N) is 1. The number of H-pyrrole nitrogens is 1. The molecular weight excluding hydrogens is 308 g/mol. The maximum Gasteiger partial charge on any atom is 0.332 e. The van der Waals surface area contributed by atoms with Gasteiger partial charge in [0, 0.05) is 26.3 Å². The highest BCUT2D eigenvalue weighted by atomic mass is 16.2. The van der Waals surface area contributed by atoms with Crippen LogP contribution in [-0.2, 0) is 20.1 Å². The van der Waals surface area contributed by atoms with Crippen molar-refractivity contribution in [3.05, 3.63) is 33.1 Å². The molecule has 24 heavy (non-hydrogen) atoms. The van der Waals surface area contributed by atoms with Crippen LogP contribution in [0, 0.1) is 0 Å². The molecule has 0 atom stereocenters. The molecule has 3 aromatic heterocycles. The van der Waals surface area contributed by atoms with Gasteiger partial charge in [0.05, 0.1) is 11.4 Å². The molecule has 0 bridgehead atoms. The highest BCUT2D eigenvalue weighted by molar-refractivity contribution is 5.75. The Kier molecular flexibility index (Phi) is 4.04. The van der Waals surface area contributed by atoms with E-state index >= 15 is 0 Å². The molecule has 3 N–H and O–H groups in total. The molecule has 0 aromatic carbocycles. The van der Waals surface area contributed by atoms with Crippen molar-refractivity contribution in [1.29, 1.82) is 0 Å². The zero-order valence-corrected chi connectivity index (χ0v) is 14.2. The summed E-state index contributed by atoms with van der Waals surface area (Å²) in [6.45, 7) is 4.83. The molecule has 0 saturated carbocycles. The lowest BCUT2D eigenvalue weighted by molar-refractivity contribution is 0.555. The topological polar surface area (TPSA) is 104 Å². The van der Waals surface area contributed by atoms with Gasteiger partial charge in [-0.05, 0) is 18.9 Å². The summed E-state index contributed by atoms with van der Waals surface area (Å²) in [6, 6.07) is 1.78. The van der Waals surface area contributed by atoms with Gasteiger partial charge in [-0.2, -0.15) is 0 Å². The van der Waals surface area contributed by atoms with Crippen molar-refractivity contribution in [1.82, 2.24) is 23.7 Å². The highest BCUT2D eigenvalue weighted by Crippen LogP contribution is 2.21. The van der Waals surface area contributed by atoms with Crippen LogP contribution in [0.25, 0.3) is 22.7 Å². The zero-order chi connectivity index (χ0) is 17.4. The number of fused-ring (bicyclic) bond motifs is 1. The van der Waals surface area contributed by atoms with Crippen LogP contribution >= 0.6 is 0 Å². The molecule has 0 radical (unpaired) electrons. The fourth-order valence-electron chi connectivity index (χ4n) is 2.96. The van der Waals surface area contributed by atoms with E-state index in [1.54, 1.807) is 16.8 Å². The van der Waals surface area contributed by atoms with Gasteiger partial charge in [0.25, 0.3) is 5.56 Å². The van der Waals surface area contributed by atoms with E-state index in [1.807, 2.05) is 25.5 Å². The number of rotatable bonds is 5. The Hall–Kier alpha value is -2.77. The summed E-state index contributed by atoms with van der Waals surface area (Å²) in [5.41, 5.74) is 7.32. The summed E-state index contributed by atoms with van der Waals surface area (Å²) in [5, 5.41) is 0. The van der Waals surface area contributed by atoms with Crippen molar-refractivity contribution in [3.63, 3.8) is 0 Å². The first-order valence-corrected chi connectivity index (χ1v) is 8.13. The lowest BCUT2D eigenvalue weighted by Crippen LogP contribution is -2.40. The smallest absolute Gasteiger partial charge is 0.332 e. The van der Waals surface area contributed by atoms with Crippen LogP contribution in [0.4, 0.5) is 5.69 Å². The van der Waals surface area contributed by atoms with Crippen LogP contribution in [0.1, 0.15) is 26.7 Å². The Morgan fingerprint density at radius 3 is 2.42 bits per heavy atom. The molecule has 0 unspecified atom stereocenters. The Balaban J connectivity index is 2.33. The molecule has 3 aromatic rings. The number of aryl methyl sites for hydroxylation is 2. The van der Waals surface area contributed by atoms with E-state index < -0.39 is 0 Å². The van der Waals surface area contributed by atoms with Crippen molar-refractivity contribution >= 4 is 16.9 Å². The molecule has 0 aliphatic heterocycles. The highest BCUT2D eigenvalue weighted by Gasteiger charge is 2.18. The first-order chi connectivity index (χ1) is 11.5. The van der Waals surface area contributed by atoms with Crippen molar-refractivity contribution in [2.75, 3.05) is 5.73 Å². The molecule has 8 nitrogen and oxygen atoms in total. The van der Waals surface area contributed by atoms with Gasteiger partial charge >= 0.3 is 5.69 Å². The van der Waals surface area contributed by atoms with Gasteiger partial charge in [-0.25, -0.2) is 9.78 Å². The van der Waals surface area contributed by atoms with Gasteiger partial charge in [0.2, 0.25) is 0 Å². The third-order valence-corrected chi connectivity index (χ3v) is 4.02. The summed E-state index contributed by atoms with van der Waals surface area (Å²) < 4.78 is 4.68. The summed E-state index contributed by atoms with van der Waals surface area (Å²) in [4.78, 5) is 32.9. The SMILES string of the molecule is CCCn1c(=O)c2[nH]c(-c3cc(N)cn3C)nc2n(CCC)c1=O. The second kappa shape index (κ2) is 6.03. The predicted octanol–water partition coefficient (Wildman–Crippen LogP) is 1.29. The molecular formula is C16H22N6O2. The lowest BCUT2D eigenvalue weighted by Gasteiger charge is -2.09. The van der Waals surface area contributed by atoms with Crippen LogP contribution in [-0.4, -0.2) is 23.7 Å². The van der Waals surface area contributed by atoms with E-state index in [0.29, 0.717) is 42.2 Å². The average molecular weight is 330 g/mol. The maximum absolute atomic E-state index is 12.7. The molecule has 0 amide bonds. The van der Waals surface area contributed by atoms with E-state index in [4.69, 9.17) is 5.73 Å². The van der Waals surface area contributed by atoms with Crippen molar-refractivity contribution in [2.45, 2.75) is 39.8 Å². The van der Waals surface area contributed by atoms with Crippen LogP contribution in [0.5, 0.6) is 0 Å². The summed E-state index contributed by atoms with van der Waals surface area (Å²) in [5.74, 6) is 0.528. The summed E-state index contributed by atoms with van der Waals surface area (Å²) in [7, 11) is 1.85. The molecule has 3 rings (SSSR count). The number of hydrogen-bond donors (Lipinski definition) is 2. The van der Waals surface area contributed by atoms with E-state index in [-0.39, 0.29) is 11.2 Å². The molecule has 0 aliphatic rings. The van der Waals surface area contributed by atoms with Crippen LogP contribution in [0.15, 0.2) is 21.9 Å². The monoisotopic (exact) mass is 330 g/mol. The second-order valence-electron chi connectivity index (χ2n) is 5.94. The molecule has 0 saturated heterocycles. The van der Waals surface area contributed by atoms with Crippen molar-refractivity contribution in [3.8, 4) is 11.5 Å². The number of nitrogens with zero attached hydrogens (tertiary/aromatic N) is 4. The molecule has 3 heterocycles. The maximum atomic E-state index is 12.7. The number of aromatic nitrogens is 5. The minimum Gasteiger partial charge on any atom is -0.397 e. The number of nitrogen functional groups attached to an aromatic ring is 1. The minimum atomic E-state index is -0.329. The van der Waals surface area contributed by atoms with Gasteiger partial charge in [0.1, 0.15) is 5.52 Å². The van der Waals surface area contributed by atoms with E-state index in [9.17, 15) is 9.59 Å². The number of nitrogens with two attached hydrogens (primary N) is 1. The Morgan fingerprint density at radius 2 is 1.83 bits per heavy atom. The van der Waals surface area contributed by atoms with E-state index in [2.05, 4.69) is 9.97 Å². The standard InChI is InChI=1S/C16H22N6O2/c1-4-6-21-14-12(15(23)22(7-5-2)16(21)24)18-13(19-14)11-8-10(17)9-20(11)3/h8-9H,4-7,17H2,1-3H3,(H,18,19). The number of anilines is 1. The Labute approximate surface area is 138 Å². The zero-order valence-electron chi connectivity index (χ0n) is 14.2. The lowest BCUT2D eigenvalue weighted by atomic mass is 10.4. The number of imidazole rings is 1. The van der Waals surface area contributed by atoms with E-state index in [1.165, 1.54) is 4.57 Å². The summed E-state index contributed by atoms with van der Waals surface area (Å²) >= 11 is 0.